The van der Waals surface area contributed by atoms with Gasteiger partial charge >= 0.3 is 0 Å². The Hall–Kier alpha value is 0.220. The molecular weight excluding hydrogens is 431 g/mol. The van der Waals surface area contributed by atoms with Crippen LogP contribution < -0.4 is 22.5 Å². The summed E-state index contributed by atoms with van der Waals surface area (Å²) >= 11 is 0. The van der Waals surface area contributed by atoms with Gasteiger partial charge in [-0.1, -0.05) is 51.9 Å². The molecule has 0 aromatic heterocycles. The zero-order valence-electron chi connectivity index (χ0n) is 18.6. The van der Waals surface area contributed by atoms with Crippen LogP contribution in [0.1, 0.15) is 103 Å². The average Bonchev–Trinajstić information content (AvgIpc) is 2.65. The summed E-state index contributed by atoms with van der Waals surface area (Å²) in [4.78, 5) is 12.5. The number of rotatable bonds is 19. The molecule has 0 saturated carbocycles. The van der Waals surface area contributed by atoms with Gasteiger partial charge in [0.1, 0.15) is 0 Å². The van der Waals surface area contributed by atoms with Crippen molar-refractivity contribution in [1.29, 1.82) is 0 Å². The molecule has 5 nitrogen and oxygen atoms in total. The number of nitrogens with one attached hydrogen (secondary N) is 1. The molecule has 0 rings (SSSR count). The van der Waals surface area contributed by atoms with E-state index in [1.54, 1.807) is 0 Å². The van der Waals surface area contributed by atoms with Crippen molar-refractivity contribution in [3.8, 4) is 0 Å². The molecule has 0 aromatic carbocycles. The minimum atomic E-state index is -0.171. The molecule has 0 unspecified atom stereocenters. The van der Waals surface area contributed by atoms with E-state index < -0.39 is 0 Å². The highest BCUT2D eigenvalue weighted by Gasteiger charge is 2.29. The fourth-order valence-electron chi connectivity index (χ4n) is 3.66. The standard InChI is InChI=1S/C21H46N4O.3ClH/c1-2-3-4-5-6-7-8-9-13-20(26)25-21(14-10-17-22,15-11-18-23)16-12-19-24;;;/h2-19,22-24H2,1H3,(H,25,26);3*1H. The normalized spacial score (nSPS) is 10.5. The molecule has 0 radical (unpaired) electrons. The Morgan fingerprint density at radius 2 is 1.03 bits per heavy atom. The molecule has 180 valence electrons. The van der Waals surface area contributed by atoms with Crippen LogP contribution in [0.4, 0.5) is 0 Å². The Bertz CT molecular complexity index is 315. The van der Waals surface area contributed by atoms with Crippen molar-refractivity contribution < 1.29 is 4.79 Å². The van der Waals surface area contributed by atoms with Crippen molar-refractivity contribution in [3.05, 3.63) is 0 Å². The fourth-order valence-corrected chi connectivity index (χ4v) is 3.66. The number of hydrogen-bond donors (Lipinski definition) is 4. The van der Waals surface area contributed by atoms with Crippen LogP contribution in [-0.2, 0) is 4.79 Å². The maximum absolute atomic E-state index is 12.5. The Kier molecular flexibility index (Phi) is 33.1. The summed E-state index contributed by atoms with van der Waals surface area (Å²) in [5.41, 5.74) is 17.0. The van der Waals surface area contributed by atoms with E-state index in [4.69, 9.17) is 17.2 Å². The van der Waals surface area contributed by atoms with Crippen LogP contribution >= 0.6 is 37.2 Å². The third-order valence-corrected chi connectivity index (χ3v) is 5.24. The molecule has 0 aliphatic carbocycles. The molecule has 0 bridgehead atoms. The third-order valence-electron chi connectivity index (χ3n) is 5.24. The molecule has 7 N–H and O–H groups in total. The van der Waals surface area contributed by atoms with Crippen molar-refractivity contribution in [2.24, 2.45) is 17.2 Å². The first-order valence-corrected chi connectivity index (χ1v) is 11.1. The Morgan fingerprint density at radius 3 is 1.41 bits per heavy atom. The molecule has 0 aromatic rings. The molecule has 0 atom stereocenters. The van der Waals surface area contributed by atoms with Crippen LogP contribution in [0.3, 0.4) is 0 Å². The minimum Gasteiger partial charge on any atom is -0.351 e. The van der Waals surface area contributed by atoms with Crippen LogP contribution in [0.2, 0.25) is 0 Å². The van der Waals surface area contributed by atoms with E-state index >= 15 is 0 Å². The largest absolute Gasteiger partial charge is 0.351 e. The number of carbonyl (C=O) groups is 1. The van der Waals surface area contributed by atoms with E-state index in [9.17, 15) is 4.79 Å². The van der Waals surface area contributed by atoms with E-state index in [1.165, 1.54) is 38.5 Å². The molecular formula is C21H49Cl3N4O. The molecule has 8 heteroatoms. The van der Waals surface area contributed by atoms with E-state index in [0.717, 1.165) is 51.4 Å². The molecule has 0 spiro atoms. The maximum Gasteiger partial charge on any atom is 0.220 e. The Labute approximate surface area is 198 Å². The second-order valence-electron chi connectivity index (χ2n) is 7.73. The number of hydrogen-bond acceptors (Lipinski definition) is 4. The molecule has 0 aliphatic rings. The van der Waals surface area contributed by atoms with Crippen molar-refractivity contribution >= 4 is 43.1 Å². The van der Waals surface area contributed by atoms with Crippen LogP contribution in [0, 0.1) is 0 Å². The van der Waals surface area contributed by atoms with Gasteiger partial charge in [-0.05, 0) is 64.6 Å². The number of amides is 1. The van der Waals surface area contributed by atoms with E-state index in [-0.39, 0.29) is 48.7 Å². The summed E-state index contributed by atoms with van der Waals surface area (Å²) in [6, 6.07) is 0. The highest BCUT2D eigenvalue weighted by Crippen LogP contribution is 2.25. The number of nitrogens with two attached hydrogens (primary N) is 3. The zero-order chi connectivity index (χ0) is 19.5. The Morgan fingerprint density at radius 1 is 0.655 bits per heavy atom. The lowest BCUT2D eigenvalue weighted by molar-refractivity contribution is -0.123. The van der Waals surface area contributed by atoms with Crippen molar-refractivity contribution in [2.45, 2.75) is 109 Å². The topological polar surface area (TPSA) is 107 Å². The van der Waals surface area contributed by atoms with Gasteiger partial charge in [-0.25, -0.2) is 0 Å². The summed E-state index contributed by atoms with van der Waals surface area (Å²) in [5.74, 6) is 0.182. The molecule has 1 amide bonds. The van der Waals surface area contributed by atoms with Crippen LogP contribution in [0.5, 0.6) is 0 Å². The second-order valence-corrected chi connectivity index (χ2v) is 7.73. The van der Waals surface area contributed by atoms with Crippen molar-refractivity contribution in [3.63, 3.8) is 0 Å². The Balaban J connectivity index is -0.00000104. The zero-order valence-corrected chi connectivity index (χ0v) is 21.0. The highest BCUT2D eigenvalue weighted by molar-refractivity contribution is 5.86. The smallest absolute Gasteiger partial charge is 0.220 e. The lowest BCUT2D eigenvalue weighted by Crippen LogP contribution is -2.49. The van der Waals surface area contributed by atoms with Gasteiger partial charge in [-0.15, -0.1) is 37.2 Å². The van der Waals surface area contributed by atoms with Gasteiger partial charge < -0.3 is 22.5 Å². The first-order chi connectivity index (χ1) is 12.6. The molecule has 0 aliphatic heterocycles. The van der Waals surface area contributed by atoms with E-state index in [0.29, 0.717) is 26.1 Å². The minimum absolute atomic E-state index is 0. The monoisotopic (exact) mass is 478 g/mol. The second kappa shape index (κ2) is 26.3. The molecule has 0 saturated heterocycles. The van der Waals surface area contributed by atoms with Gasteiger partial charge in [0.15, 0.2) is 0 Å². The number of unbranched alkanes of at least 4 members (excludes halogenated alkanes) is 7. The predicted octanol–water partition coefficient (Wildman–Crippen LogP) is 4.85. The summed E-state index contributed by atoms with van der Waals surface area (Å²) in [7, 11) is 0. The third kappa shape index (κ3) is 21.2. The first-order valence-electron chi connectivity index (χ1n) is 11.1. The van der Waals surface area contributed by atoms with E-state index in [1.807, 2.05) is 0 Å². The van der Waals surface area contributed by atoms with Crippen LogP contribution in [0.15, 0.2) is 0 Å². The SMILES string of the molecule is CCCCCCCCCCC(=O)NC(CCCN)(CCCN)CCCN.Cl.Cl.Cl. The predicted molar refractivity (Wildman–Crippen MR) is 135 cm³/mol. The maximum atomic E-state index is 12.5. The quantitative estimate of drug-likeness (QED) is 0.198. The van der Waals surface area contributed by atoms with Crippen LogP contribution in [-0.4, -0.2) is 31.1 Å². The molecule has 0 heterocycles. The van der Waals surface area contributed by atoms with Crippen LogP contribution in [0.25, 0.3) is 0 Å². The van der Waals surface area contributed by atoms with E-state index in [2.05, 4.69) is 12.2 Å². The highest BCUT2D eigenvalue weighted by atomic mass is 35.5. The van der Waals surface area contributed by atoms with Crippen molar-refractivity contribution in [1.82, 2.24) is 5.32 Å². The summed E-state index contributed by atoms with van der Waals surface area (Å²) < 4.78 is 0. The van der Waals surface area contributed by atoms with Gasteiger partial charge in [0.2, 0.25) is 5.91 Å². The van der Waals surface area contributed by atoms with Gasteiger partial charge in [0.25, 0.3) is 0 Å². The van der Waals surface area contributed by atoms with Gasteiger partial charge in [-0.2, -0.15) is 0 Å². The number of carbonyl (C=O) groups excluding carboxylic acids is 1. The molecule has 29 heavy (non-hydrogen) atoms. The number of halogens is 3. The summed E-state index contributed by atoms with van der Waals surface area (Å²) in [6.45, 7) is 4.20. The van der Waals surface area contributed by atoms with Gasteiger partial charge in [-0.3, -0.25) is 4.79 Å². The van der Waals surface area contributed by atoms with Gasteiger partial charge in [0, 0.05) is 12.0 Å². The first kappa shape index (κ1) is 36.6. The van der Waals surface area contributed by atoms with Gasteiger partial charge in [0.05, 0.1) is 0 Å². The lowest BCUT2D eigenvalue weighted by atomic mass is 9.83. The average molecular weight is 480 g/mol. The molecule has 0 fully saturated rings. The van der Waals surface area contributed by atoms with Crippen molar-refractivity contribution in [2.75, 3.05) is 19.6 Å². The lowest BCUT2D eigenvalue weighted by Gasteiger charge is -2.35. The summed E-state index contributed by atoms with van der Waals surface area (Å²) in [6.07, 6.45) is 16.2. The summed E-state index contributed by atoms with van der Waals surface area (Å²) in [5, 5.41) is 3.35. The fraction of sp³-hybridized carbons (Fsp3) is 0.952.